The van der Waals surface area contributed by atoms with Crippen LogP contribution in [0, 0.1) is 0 Å². The van der Waals surface area contributed by atoms with Crippen molar-refractivity contribution in [1.82, 2.24) is 0 Å². The van der Waals surface area contributed by atoms with Gasteiger partial charge >= 0.3 is 0 Å². The molecule has 2 atom stereocenters. The summed E-state index contributed by atoms with van der Waals surface area (Å²) in [5.41, 5.74) is 0. The van der Waals surface area contributed by atoms with E-state index in [-0.39, 0.29) is 12.8 Å². The van der Waals surface area contributed by atoms with Crippen LogP contribution in [0.3, 0.4) is 0 Å². The number of hydrogen-bond donors (Lipinski definition) is 2. The van der Waals surface area contributed by atoms with Gasteiger partial charge in [0.05, 0.1) is 0 Å². The van der Waals surface area contributed by atoms with Crippen molar-refractivity contribution >= 4 is 41.8 Å². The second-order valence-electron chi connectivity index (χ2n) is 4.37. The van der Waals surface area contributed by atoms with Crippen molar-refractivity contribution in [2.75, 3.05) is 0 Å². The molecular formula is C10H22O6S4. The average molecular weight is 367 g/mol. The van der Waals surface area contributed by atoms with Gasteiger partial charge in [-0.25, -0.2) is 0 Å². The molecular weight excluding hydrogens is 344 g/mol. The van der Waals surface area contributed by atoms with Gasteiger partial charge in [0.1, 0.15) is 9.16 Å². The summed E-state index contributed by atoms with van der Waals surface area (Å²) < 4.78 is 61.0. The van der Waals surface area contributed by atoms with Crippen molar-refractivity contribution < 1.29 is 25.9 Å². The Balaban J connectivity index is 4.70. The number of hydrogen-bond acceptors (Lipinski definition) is 6. The molecule has 0 aromatic carbocycles. The van der Waals surface area contributed by atoms with E-state index in [0.717, 1.165) is 34.4 Å². The summed E-state index contributed by atoms with van der Waals surface area (Å²) in [5, 5.41) is 0. The monoisotopic (exact) mass is 366 g/mol. The largest absolute Gasteiger partial charge is 0.285 e. The van der Waals surface area contributed by atoms with Crippen molar-refractivity contribution in [3.63, 3.8) is 0 Å². The molecule has 0 bridgehead atoms. The molecule has 0 spiro atoms. The molecule has 2 N–H and O–H groups in total. The van der Waals surface area contributed by atoms with Crippen molar-refractivity contribution in [2.45, 2.75) is 61.5 Å². The smallest absolute Gasteiger partial charge is 0.278 e. The van der Waals surface area contributed by atoms with Crippen LogP contribution in [-0.4, -0.2) is 35.1 Å². The highest BCUT2D eigenvalue weighted by atomic mass is 33.1. The maximum atomic E-state index is 11.2. The molecule has 2 unspecified atom stereocenters. The van der Waals surface area contributed by atoms with Crippen LogP contribution in [0.25, 0.3) is 0 Å². The second-order valence-corrected chi connectivity index (χ2v) is 10.8. The van der Waals surface area contributed by atoms with Crippen LogP contribution < -0.4 is 0 Å². The minimum Gasteiger partial charge on any atom is -0.285 e. The van der Waals surface area contributed by atoms with Crippen molar-refractivity contribution in [3.05, 3.63) is 0 Å². The summed E-state index contributed by atoms with van der Waals surface area (Å²) in [4.78, 5) is 0. The lowest BCUT2D eigenvalue weighted by Gasteiger charge is -2.16. The fourth-order valence-electron chi connectivity index (χ4n) is 1.36. The quantitative estimate of drug-likeness (QED) is 0.424. The van der Waals surface area contributed by atoms with Gasteiger partial charge < -0.3 is 0 Å². The molecule has 0 saturated carbocycles. The fourth-order valence-corrected chi connectivity index (χ4v) is 7.78. The highest BCUT2D eigenvalue weighted by molar-refractivity contribution is 8.79. The molecule has 6 nitrogen and oxygen atoms in total. The van der Waals surface area contributed by atoms with E-state index in [4.69, 9.17) is 9.11 Å². The summed E-state index contributed by atoms with van der Waals surface area (Å²) >= 11 is 0. The van der Waals surface area contributed by atoms with Crippen LogP contribution in [0.2, 0.25) is 0 Å². The van der Waals surface area contributed by atoms with Crippen LogP contribution in [-0.2, 0) is 20.2 Å². The maximum absolute atomic E-state index is 11.2. The van der Waals surface area contributed by atoms with Gasteiger partial charge in [0, 0.05) is 0 Å². The summed E-state index contributed by atoms with van der Waals surface area (Å²) in [6.45, 7) is 3.78. The summed E-state index contributed by atoms with van der Waals surface area (Å²) in [6.07, 6.45) is 3.27. The fraction of sp³-hybridized carbons (Fsp3) is 1.00. The third-order valence-electron chi connectivity index (χ3n) is 2.52. The van der Waals surface area contributed by atoms with E-state index < -0.39 is 29.4 Å². The molecule has 0 aliphatic rings. The van der Waals surface area contributed by atoms with E-state index in [1.165, 1.54) is 0 Å². The SMILES string of the molecule is CCCCC(SSC(CCCC)S(=O)(=O)O)S(=O)(=O)O. The predicted molar refractivity (Wildman–Crippen MR) is 84.9 cm³/mol. The van der Waals surface area contributed by atoms with Gasteiger partial charge in [0.25, 0.3) is 20.2 Å². The molecule has 10 heteroatoms. The maximum Gasteiger partial charge on any atom is 0.278 e. The lowest BCUT2D eigenvalue weighted by molar-refractivity contribution is 0.473. The first-order chi connectivity index (χ1) is 9.12. The Morgan fingerprint density at radius 2 is 1.10 bits per heavy atom. The molecule has 0 aliphatic carbocycles. The summed E-state index contributed by atoms with van der Waals surface area (Å²) in [5.74, 6) is 0. The normalized spacial score (nSPS) is 16.0. The van der Waals surface area contributed by atoms with E-state index in [1.54, 1.807) is 0 Å². The third kappa shape index (κ3) is 8.73. The Bertz CT molecular complexity index is 414. The van der Waals surface area contributed by atoms with Gasteiger partial charge in [-0.15, -0.1) is 0 Å². The summed E-state index contributed by atoms with van der Waals surface area (Å²) in [7, 11) is -6.88. The Morgan fingerprint density at radius 3 is 1.30 bits per heavy atom. The molecule has 122 valence electrons. The van der Waals surface area contributed by atoms with Gasteiger partial charge in [0.15, 0.2) is 0 Å². The molecule has 0 saturated heterocycles. The first-order valence-corrected chi connectivity index (χ1v) is 11.7. The van der Waals surface area contributed by atoms with Crippen molar-refractivity contribution in [3.8, 4) is 0 Å². The van der Waals surface area contributed by atoms with Gasteiger partial charge in [0.2, 0.25) is 0 Å². The van der Waals surface area contributed by atoms with E-state index in [1.807, 2.05) is 13.8 Å². The van der Waals surface area contributed by atoms with Crippen LogP contribution in [0.15, 0.2) is 0 Å². The van der Waals surface area contributed by atoms with Gasteiger partial charge in [-0.2, -0.15) is 16.8 Å². The van der Waals surface area contributed by atoms with Gasteiger partial charge in [-0.1, -0.05) is 61.1 Å². The Labute approximate surface area is 129 Å². The van der Waals surface area contributed by atoms with Crippen LogP contribution in [0.4, 0.5) is 0 Å². The van der Waals surface area contributed by atoms with Crippen LogP contribution in [0.5, 0.6) is 0 Å². The van der Waals surface area contributed by atoms with E-state index in [0.29, 0.717) is 12.8 Å². The molecule has 0 aromatic heterocycles. The number of unbranched alkanes of at least 4 members (excludes halogenated alkanes) is 2. The van der Waals surface area contributed by atoms with Crippen LogP contribution >= 0.6 is 21.6 Å². The molecule has 0 radical (unpaired) electrons. The highest BCUT2D eigenvalue weighted by Gasteiger charge is 2.29. The number of rotatable bonds is 11. The minimum absolute atomic E-state index is 0.249. The Hall–Kier alpha value is 0.520. The minimum atomic E-state index is -4.23. The first-order valence-electron chi connectivity index (χ1n) is 6.37. The topological polar surface area (TPSA) is 109 Å². The van der Waals surface area contributed by atoms with Crippen molar-refractivity contribution in [1.29, 1.82) is 0 Å². The van der Waals surface area contributed by atoms with Gasteiger partial charge in [-0.3, -0.25) is 9.11 Å². The van der Waals surface area contributed by atoms with E-state index in [9.17, 15) is 16.8 Å². The zero-order chi connectivity index (χ0) is 15.8. The molecule has 0 rings (SSSR count). The molecule has 0 amide bonds. The third-order valence-corrected chi connectivity index (χ3v) is 9.83. The first kappa shape index (κ1) is 20.5. The lowest BCUT2D eigenvalue weighted by Crippen LogP contribution is -2.19. The lowest BCUT2D eigenvalue weighted by atomic mass is 10.3. The standard InChI is InChI=1S/C10H22O6S4/c1-3-5-7-9(19(11,12)13)17-18-10(8-6-4-2)20(14,15)16/h9-10H,3-8H2,1-2H3,(H,11,12,13)(H,14,15,16). The van der Waals surface area contributed by atoms with Crippen LogP contribution in [0.1, 0.15) is 52.4 Å². The molecule has 0 heterocycles. The average Bonchev–Trinajstić information content (AvgIpc) is 2.29. The zero-order valence-corrected chi connectivity index (χ0v) is 14.8. The molecule has 0 aromatic rings. The Morgan fingerprint density at radius 1 is 0.800 bits per heavy atom. The zero-order valence-electron chi connectivity index (χ0n) is 11.6. The van der Waals surface area contributed by atoms with E-state index >= 15 is 0 Å². The molecule has 0 fully saturated rings. The van der Waals surface area contributed by atoms with Crippen molar-refractivity contribution in [2.24, 2.45) is 0 Å². The second kappa shape index (κ2) is 9.52. The molecule has 20 heavy (non-hydrogen) atoms. The highest BCUT2D eigenvalue weighted by Crippen LogP contribution is 2.39. The van der Waals surface area contributed by atoms with E-state index in [2.05, 4.69) is 0 Å². The van der Waals surface area contributed by atoms with Gasteiger partial charge in [-0.05, 0) is 12.8 Å². The predicted octanol–water partition coefficient (Wildman–Crippen LogP) is 3.18. The summed E-state index contributed by atoms with van der Waals surface area (Å²) in [6, 6.07) is 0. The Kier molecular flexibility index (Phi) is 9.77. The molecule has 0 aliphatic heterocycles.